The molecule has 0 amide bonds. The van der Waals surface area contributed by atoms with Gasteiger partial charge in [-0.1, -0.05) is 23.2 Å². The first-order valence-electron chi connectivity index (χ1n) is 5.43. The highest BCUT2D eigenvalue weighted by Crippen LogP contribution is 2.33. The summed E-state index contributed by atoms with van der Waals surface area (Å²) in [7, 11) is 0. The topological polar surface area (TPSA) is 55.2 Å². The molecule has 0 saturated carbocycles. The summed E-state index contributed by atoms with van der Waals surface area (Å²) in [5.41, 5.74) is 0.538. The number of hydrogen-bond acceptors (Lipinski definition) is 4. The summed E-state index contributed by atoms with van der Waals surface area (Å²) in [6.45, 7) is 1.94. The van der Waals surface area contributed by atoms with Crippen LogP contribution in [-0.4, -0.2) is 4.92 Å². The number of nitrogens with zero attached hydrogens (tertiary/aromatic N) is 1. The van der Waals surface area contributed by atoms with E-state index in [1.54, 1.807) is 0 Å². The minimum absolute atomic E-state index is 0.00307. The Morgan fingerprint density at radius 1 is 1.32 bits per heavy atom. The van der Waals surface area contributed by atoms with E-state index in [0.29, 0.717) is 15.0 Å². The largest absolute Gasteiger partial charge is 0.376 e. The third-order valence-electron chi connectivity index (χ3n) is 2.55. The van der Waals surface area contributed by atoms with Crippen LogP contribution in [0.4, 0.5) is 11.4 Å². The normalized spacial score (nSPS) is 12.2. The molecule has 1 atom stereocenters. The van der Waals surface area contributed by atoms with E-state index >= 15 is 0 Å². The van der Waals surface area contributed by atoms with E-state index in [1.807, 2.05) is 19.1 Å². The van der Waals surface area contributed by atoms with Crippen molar-refractivity contribution in [1.29, 1.82) is 0 Å². The Kier molecular flexibility index (Phi) is 4.29. The number of nitro benzene ring substituents is 1. The predicted octanol–water partition coefficient (Wildman–Crippen LogP) is 5.14. The number of nitro groups is 1. The monoisotopic (exact) mass is 316 g/mol. The summed E-state index contributed by atoms with van der Waals surface area (Å²) in [6.07, 6.45) is 0. The fraction of sp³-hybridized carbons (Fsp3) is 0.167. The summed E-state index contributed by atoms with van der Waals surface area (Å²) >= 11 is 13.4. The van der Waals surface area contributed by atoms with Gasteiger partial charge in [0.2, 0.25) is 0 Å². The van der Waals surface area contributed by atoms with E-state index in [-0.39, 0.29) is 11.7 Å². The highest BCUT2D eigenvalue weighted by molar-refractivity contribution is 7.16. The number of non-ortho nitro benzene ring substituents is 1. The first-order chi connectivity index (χ1) is 8.97. The van der Waals surface area contributed by atoms with E-state index < -0.39 is 4.92 Å². The lowest BCUT2D eigenvalue weighted by Crippen LogP contribution is -2.05. The van der Waals surface area contributed by atoms with Gasteiger partial charge in [-0.3, -0.25) is 10.1 Å². The highest BCUT2D eigenvalue weighted by Gasteiger charge is 2.13. The van der Waals surface area contributed by atoms with Crippen LogP contribution in [0.2, 0.25) is 9.36 Å². The molecule has 2 rings (SSSR count). The minimum Gasteiger partial charge on any atom is -0.376 e. The van der Waals surface area contributed by atoms with Crippen molar-refractivity contribution in [2.75, 3.05) is 5.32 Å². The average Bonchev–Trinajstić information content (AvgIpc) is 2.78. The van der Waals surface area contributed by atoms with Crippen LogP contribution in [-0.2, 0) is 0 Å². The van der Waals surface area contributed by atoms with Gasteiger partial charge >= 0.3 is 0 Å². The van der Waals surface area contributed by atoms with E-state index in [9.17, 15) is 10.1 Å². The number of thiophene rings is 1. The maximum atomic E-state index is 10.7. The van der Waals surface area contributed by atoms with Gasteiger partial charge in [0.05, 0.1) is 26.0 Å². The van der Waals surface area contributed by atoms with Crippen molar-refractivity contribution in [3.63, 3.8) is 0 Å². The summed E-state index contributed by atoms with van der Waals surface area (Å²) < 4.78 is 0.703. The fourth-order valence-corrected chi connectivity index (χ4v) is 2.84. The van der Waals surface area contributed by atoms with Gasteiger partial charge in [-0.15, -0.1) is 11.3 Å². The van der Waals surface area contributed by atoms with Crippen molar-refractivity contribution in [2.24, 2.45) is 0 Å². The van der Waals surface area contributed by atoms with Crippen LogP contribution in [0.5, 0.6) is 0 Å². The van der Waals surface area contributed by atoms with Crippen LogP contribution in [0, 0.1) is 10.1 Å². The van der Waals surface area contributed by atoms with E-state index in [4.69, 9.17) is 23.2 Å². The maximum Gasteiger partial charge on any atom is 0.271 e. The van der Waals surface area contributed by atoms with Crippen molar-refractivity contribution in [3.05, 3.63) is 54.7 Å². The standard InChI is InChI=1S/C12H10Cl2N2O2S/c1-7(11-4-5-12(14)19-11)15-10-6-8(16(17)18)2-3-9(10)13/h2-7,15H,1H3. The Morgan fingerprint density at radius 2 is 2.05 bits per heavy atom. The number of halogens is 2. The lowest BCUT2D eigenvalue weighted by Gasteiger charge is -2.14. The van der Waals surface area contributed by atoms with Gasteiger partial charge in [0.25, 0.3) is 5.69 Å². The molecule has 0 bridgehead atoms. The Bertz CT molecular complexity index is 616. The van der Waals surface area contributed by atoms with E-state index in [2.05, 4.69) is 5.32 Å². The summed E-state index contributed by atoms with van der Waals surface area (Å²) in [5, 5.41) is 14.3. The van der Waals surface area contributed by atoms with E-state index in [0.717, 1.165) is 4.88 Å². The second-order valence-electron chi connectivity index (χ2n) is 3.93. The zero-order chi connectivity index (χ0) is 14.0. The van der Waals surface area contributed by atoms with Crippen LogP contribution < -0.4 is 5.32 Å². The smallest absolute Gasteiger partial charge is 0.271 e. The van der Waals surface area contributed by atoms with Crippen LogP contribution in [0.1, 0.15) is 17.8 Å². The predicted molar refractivity (Wildman–Crippen MR) is 79.5 cm³/mol. The highest BCUT2D eigenvalue weighted by atomic mass is 35.5. The van der Waals surface area contributed by atoms with Gasteiger partial charge in [-0.25, -0.2) is 0 Å². The molecule has 1 N–H and O–H groups in total. The average molecular weight is 317 g/mol. The Balaban J connectivity index is 2.22. The van der Waals surface area contributed by atoms with Gasteiger partial charge in [0, 0.05) is 17.0 Å². The van der Waals surface area contributed by atoms with Crippen LogP contribution in [0.15, 0.2) is 30.3 Å². The summed E-state index contributed by atoms with van der Waals surface area (Å²) in [5.74, 6) is 0. The zero-order valence-electron chi connectivity index (χ0n) is 9.89. The van der Waals surface area contributed by atoms with Crippen LogP contribution in [0.25, 0.3) is 0 Å². The molecular weight excluding hydrogens is 307 g/mol. The maximum absolute atomic E-state index is 10.7. The van der Waals surface area contributed by atoms with Crippen LogP contribution >= 0.6 is 34.5 Å². The molecule has 7 heteroatoms. The third-order valence-corrected chi connectivity index (χ3v) is 4.30. The molecule has 1 aromatic carbocycles. The second kappa shape index (κ2) is 5.77. The molecule has 0 aliphatic heterocycles. The van der Waals surface area contributed by atoms with Gasteiger partial charge in [0.15, 0.2) is 0 Å². The van der Waals surface area contributed by atoms with Crippen molar-refractivity contribution >= 4 is 45.9 Å². The molecule has 0 aliphatic carbocycles. The first-order valence-corrected chi connectivity index (χ1v) is 7.00. The second-order valence-corrected chi connectivity index (χ2v) is 6.08. The SMILES string of the molecule is CC(Nc1cc([N+](=O)[O-])ccc1Cl)c1ccc(Cl)s1. The molecule has 1 heterocycles. The lowest BCUT2D eigenvalue weighted by molar-refractivity contribution is -0.384. The van der Waals surface area contributed by atoms with Gasteiger partial charge in [-0.2, -0.15) is 0 Å². The molecule has 19 heavy (non-hydrogen) atoms. The number of nitrogens with one attached hydrogen (secondary N) is 1. The fourth-order valence-electron chi connectivity index (χ4n) is 1.60. The molecule has 1 aromatic heterocycles. The van der Waals surface area contributed by atoms with Gasteiger partial charge in [0.1, 0.15) is 0 Å². The number of rotatable bonds is 4. The molecule has 100 valence electrons. The molecule has 0 saturated heterocycles. The zero-order valence-corrected chi connectivity index (χ0v) is 12.2. The van der Waals surface area contributed by atoms with Gasteiger partial charge in [-0.05, 0) is 25.1 Å². The number of anilines is 1. The molecule has 2 aromatic rings. The van der Waals surface area contributed by atoms with Crippen molar-refractivity contribution in [3.8, 4) is 0 Å². The Morgan fingerprint density at radius 3 is 2.63 bits per heavy atom. The molecule has 0 spiro atoms. The van der Waals surface area contributed by atoms with Crippen LogP contribution in [0.3, 0.4) is 0 Å². The molecule has 1 unspecified atom stereocenters. The number of hydrogen-bond donors (Lipinski definition) is 1. The van der Waals surface area contributed by atoms with Gasteiger partial charge < -0.3 is 5.32 Å². The molecule has 4 nitrogen and oxygen atoms in total. The Labute approximate surface area is 124 Å². The molecule has 0 aliphatic rings. The van der Waals surface area contributed by atoms with Crippen molar-refractivity contribution in [1.82, 2.24) is 0 Å². The number of benzene rings is 1. The van der Waals surface area contributed by atoms with Crippen molar-refractivity contribution < 1.29 is 4.92 Å². The molecule has 0 fully saturated rings. The van der Waals surface area contributed by atoms with Crippen molar-refractivity contribution in [2.45, 2.75) is 13.0 Å². The Hall–Kier alpha value is -1.30. The minimum atomic E-state index is -0.450. The molecular formula is C12H10Cl2N2O2S. The molecule has 0 radical (unpaired) electrons. The summed E-state index contributed by atoms with van der Waals surface area (Å²) in [6, 6.07) is 8.01. The third kappa shape index (κ3) is 3.37. The first kappa shape index (κ1) is 14.1. The lowest BCUT2D eigenvalue weighted by atomic mass is 10.2. The summed E-state index contributed by atoms with van der Waals surface area (Å²) in [4.78, 5) is 11.3. The quantitative estimate of drug-likeness (QED) is 0.628. The van der Waals surface area contributed by atoms with E-state index in [1.165, 1.54) is 29.5 Å².